The fraction of sp³-hybridized carbons (Fsp3) is 0.643. The van der Waals surface area contributed by atoms with Gasteiger partial charge in [0.25, 0.3) is 0 Å². The normalized spacial score (nSPS) is 24.8. The first-order valence-electron chi connectivity index (χ1n) is 6.89. The van der Waals surface area contributed by atoms with E-state index in [0.29, 0.717) is 13.2 Å². The molecule has 0 spiro atoms. The maximum absolute atomic E-state index is 14.3. The van der Waals surface area contributed by atoms with E-state index in [1.165, 1.54) is 6.07 Å². The van der Waals surface area contributed by atoms with Gasteiger partial charge in [-0.15, -0.1) is 0 Å². The maximum atomic E-state index is 14.3. The highest BCUT2D eigenvalue weighted by Crippen LogP contribution is 2.36. The van der Waals surface area contributed by atoms with Crippen LogP contribution in [0.1, 0.15) is 39.2 Å². The van der Waals surface area contributed by atoms with Crippen molar-refractivity contribution in [2.45, 2.75) is 44.8 Å². The van der Waals surface area contributed by atoms with Crippen LogP contribution in [0.4, 0.5) is 4.39 Å². The van der Waals surface area contributed by atoms with E-state index in [9.17, 15) is 4.39 Å². The van der Waals surface area contributed by atoms with Crippen molar-refractivity contribution in [3.8, 4) is 0 Å². The zero-order valence-electron chi connectivity index (χ0n) is 12.3. The second-order valence-corrected chi connectivity index (χ2v) is 6.46. The molecule has 2 fully saturated rings. The number of pyridine rings is 1. The molecule has 0 atom stereocenters. The van der Waals surface area contributed by atoms with Crippen molar-refractivity contribution in [3.05, 3.63) is 23.6 Å². The lowest BCUT2D eigenvalue weighted by atomic mass is 9.83. The summed E-state index contributed by atoms with van der Waals surface area (Å²) in [5, 5.41) is 0. The first-order chi connectivity index (χ1) is 9.30. The monoisotopic (exact) mass is 279 g/mol. The van der Waals surface area contributed by atoms with Crippen LogP contribution in [0.2, 0.25) is 0 Å². The zero-order valence-corrected chi connectivity index (χ0v) is 12.3. The topological polar surface area (TPSA) is 40.6 Å². The third-order valence-corrected chi connectivity index (χ3v) is 4.48. The molecule has 4 nitrogen and oxygen atoms in total. The van der Waals surface area contributed by atoms with Gasteiger partial charge in [0.2, 0.25) is 0 Å². The summed E-state index contributed by atoms with van der Waals surface area (Å²) < 4.78 is 31.0. The van der Waals surface area contributed by atoms with Crippen LogP contribution in [0.25, 0.3) is 0 Å². The number of hydrogen-bond donors (Lipinski definition) is 0. The van der Waals surface area contributed by atoms with Crippen molar-refractivity contribution >= 4 is 12.7 Å². The molecule has 0 aliphatic carbocycles. The van der Waals surface area contributed by atoms with Crippen LogP contribution >= 0.6 is 0 Å². The molecule has 0 saturated carbocycles. The molecule has 0 aromatic carbocycles. The Bertz CT molecular complexity index is 515. The number of hydrogen-bond acceptors (Lipinski definition) is 4. The quantitative estimate of drug-likeness (QED) is 0.772. The highest BCUT2D eigenvalue weighted by atomic mass is 19.1. The van der Waals surface area contributed by atoms with Gasteiger partial charge in [-0.05, 0) is 39.3 Å². The predicted octanol–water partition coefficient (Wildman–Crippen LogP) is 1.63. The Morgan fingerprint density at radius 2 is 1.80 bits per heavy atom. The summed E-state index contributed by atoms with van der Waals surface area (Å²) in [6.45, 7) is 9.01. The molecule has 2 saturated heterocycles. The standard InChI is InChI=1S/C14H19BFNO3/c1-13(2)14(3,4)20-15(19-13)12-11(16)5-9(6-17-12)10-7-18-8-10/h5-6,10H,7-8H2,1-4H3. The van der Waals surface area contributed by atoms with Crippen molar-refractivity contribution < 1.29 is 18.4 Å². The van der Waals surface area contributed by atoms with Crippen LogP contribution in [0.15, 0.2) is 12.3 Å². The third-order valence-electron chi connectivity index (χ3n) is 4.48. The molecule has 0 unspecified atom stereocenters. The van der Waals surface area contributed by atoms with Crippen LogP contribution in [-0.4, -0.2) is 36.5 Å². The van der Waals surface area contributed by atoms with Crippen molar-refractivity contribution in [1.29, 1.82) is 0 Å². The average Bonchev–Trinajstić information content (AvgIpc) is 2.45. The van der Waals surface area contributed by atoms with Gasteiger partial charge in [0.15, 0.2) is 0 Å². The minimum Gasteiger partial charge on any atom is -0.398 e. The minimum absolute atomic E-state index is 0.215. The van der Waals surface area contributed by atoms with Gasteiger partial charge in [-0.25, -0.2) is 4.39 Å². The second kappa shape index (κ2) is 4.51. The van der Waals surface area contributed by atoms with Gasteiger partial charge in [-0.2, -0.15) is 0 Å². The van der Waals surface area contributed by atoms with E-state index in [-0.39, 0.29) is 17.3 Å². The van der Waals surface area contributed by atoms with Gasteiger partial charge in [0, 0.05) is 12.1 Å². The molecule has 3 rings (SSSR count). The highest BCUT2D eigenvalue weighted by Gasteiger charge is 2.53. The zero-order chi connectivity index (χ0) is 14.5. The fourth-order valence-electron chi connectivity index (χ4n) is 2.24. The summed E-state index contributed by atoms with van der Waals surface area (Å²) in [5.74, 6) is -0.128. The third kappa shape index (κ3) is 2.16. The van der Waals surface area contributed by atoms with Crippen LogP contribution < -0.4 is 5.59 Å². The van der Waals surface area contributed by atoms with Gasteiger partial charge < -0.3 is 14.0 Å². The molecule has 1 aromatic heterocycles. The molecular formula is C14H19BFNO3. The van der Waals surface area contributed by atoms with E-state index in [4.69, 9.17) is 14.0 Å². The molecule has 0 amide bonds. The highest BCUT2D eigenvalue weighted by molar-refractivity contribution is 6.61. The van der Waals surface area contributed by atoms with E-state index in [0.717, 1.165) is 5.56 Å². The van der Waals surface area contributed by atoms with Crippen LogP contribution in [0.3, 0.4) is 0 Å². The summed E-state index contributed by atoms with van der Waals surface area (Å²) >= 11 is 0. The summed E-state index contributed by atoms with van der Waals surface area (Å²) in [6, 6.07) is 1.51. The SMILES string of the molecule is CC1(C)OB(c2ncc(C3COC3)cc2F)OC1(C)C. The number of ether oxygens (including phenoxy) is 1. The first kappa shape index (κ1) is 14.0. The Kier molecular flexibility index (Phi) is 3.16. The maximum Gasteiger partial charge on any atom is 0.517 e. The fourth-order valence-corrected chi connectivity index (χ4v) is 2.24. The smallest absolute Gasteiger partial charge is 0.398 e. The molecule has 6 heteroatoms. The summed E-state index contributed by atoms with van der Waals surface area (Å²) in [6.07, 6.45) is 1.69. The largest absolute Gasteiger partial charge is 0.517 e. The van der Waals surface area contributed by atoms with Crippen LogP contribution in [0, 0.1) is 5.82 Å². The molecule has 0 radical (unpaired) electrons. The number of rotatable bonds is 2. The minimum atomic E-state index is -0.758. The van der Waals surface area contributed by atoms with Crippen LogP contribution in [-0.2, 0) is 14.0 Å². The molecule has 0 N–H and O–H groups in total. The second-order valence-electron chi connectivity index (χ2n) is 6.46. The lowest BCUT2D eigenvalue weighted by Gasteiger charge is -2.32. The van der Waals surface area contributed by atoms with Gasteiger partial charge in [-0.1, -0.05) is 0 Å². The van der Waals surface area contributed by atoms with Crippen molar-refractivity contribution in [1.82, 2.24) is 4.98 Å². The van der Waals surface area contributed by atoms with Gasteiger partial charge in [0.05, 0.1) is 24.4 Å². The summed E-state index contributed by atoms with van der Waals surface area (Å²) in [7, 11) is -0.758. The van der Waals surface area contributed by atoms with Crippen LogP contribution in [0.5, 0.6) is 0 Å². The average molecular weight is 279 g/mol. The Labute approximate surface area is 118 Å². The van der Waals surface area contributed by atoms with Gasteiger partial charge >= 0.3 is 7.12 Å². The molecular weight excluding hydrogens is 260 g/mol. The molecule has 2 aliphatic rings. The van der Waals surface area contributed by atoms with E-state index in [1.807, 2.05) is 27.7 Å². The van der Waals surface area contributed by atoms with Crippen molar-refractivity contribution in [2.24, 2.45) is 0 Å². The number of halogens is 1. The molecule has 1 aromatic rings. The molecule has 3 heterocycles. The Morgan fingerprint density at radius 1 is 1.20 bits per heavy atom. The lowest BCUT2D eigenvalue weighted by molar-refractivity contribution is 0.00578. The van der Waals surface area contributed by atoms with Crippen molar-refractivity contribution in [3.63, 3.8) is 0 Å². The van der Waals surface area contributed by atoms with Crippen molar-refractivity contribution in [2.75, 3.05) is 13.2 Å². The number of nitrogens with zero attached hydrogens (tertiary/aromatic N) is 1. The Hall–Kier alpha value is -0.975. The van der Waals surface area contributed by atoms with E-state index in [1.54, 1.807) is 6.20 Å². The molecule has 20 heavy (non-hydrogen) atoms. The van der Waals surface area contributed by atoms with E-state index >= 15 is 0 Å². The Balaban J connectivity index is 1.85. The molecule has 2 aliphatic heterocycles. The number of aromatic nitrogens is 1. The van der Waals surface area contributed by atoms with E-state index in [2.05, 4.69) is 4.98 Å². The Morgan fingerprint density at radius 3 is 2.25 bits per heavy atom. The molecule has 108 valence electrons. The lowest BCUT2D eigenvalue weighted by Crippen LogP contribution is -2.41. The van der Waals surface area contributed by atoms with Gasteiger partial charge in [0.1, 0.15) is 11.4 Å². The van der Waals surface area contributed by atoms with E-state index < -0.39 is 18.3 Å². The summed E-state index contributed by atoms with van der Waals surface area (Å²) in [4.78, 5) is 4.21. The molecule has 0 bridgehead atoms. The predicted molar refractivity (Wildman–Crippen MR) is 73.5 cm³/mol. The summed E-state index contributed by atoms with van der Waals surface area (Å²) in [5.41, 5.74) is 0.0973. The first-order valence-corrected chi connectivity index (χ1v) is 6.89. The van der Waals surface area contributed by atoms with Gasteiger partial charge in [-0.3, -0.25) is 4.98 Å².